The van der Waals surface area contributed by atoms with Gasteiger partial charge in [-0.15, -0.1) is 10.2 Å². The lowest BCUT2D eigenvalue weighted by Gasteiger charge is -2.14. The van der Waals surface area contributed by atoms with Crippen molar-refractivity contribution in [3.05, 3.63) is 64.7 Å². The summed E-state index contributed by atoms with van der Waals surface area (Å²) in [4.78, 5) is 13.5. The number of hydrogen-bond acceptors (Lipinski definition) is 4. The fraction of sp³-hybridized carbons (Fsp3) is 0.222. The van der Waals surface area contributed by atoms with E-state index < -0.39 is 0 Å². The molecule has 1 aromatic heterocycles. The van der Waals surface area contributed by atoms with Gasteiger partial charge in [-0.2, -0.15) is 4.80 Å². The molecule has 0 aliphatic rings. The Bertz CT molecular complexity index is 858. The van der Waals surface area contributed by atoms with Crippen molar-refractivity contribution in [2.45, 2.75) is 26.4 Å². The van der Waals surface area contributed by atoms with Gasteiger partial charge in [-0.05, 0) is 36.8 Å². The summed E-state index contributed by atoms with van der Waals surface area (Å²) in [6.07, 6.45) is 0. The van der Waals surface area contributed by atoms with Gasteiger partial charge in [0, 0.05) is 10.6 Å². The maximum absolute atomic E-state index is 12.2. The first kappa shape index (κ1) is 17.1. The van der Waals surface area contributed by atoms with Crippen LogP contribution in [0.2, 0.25) is 5.02 Å². The molecule has 1 heterocycles. The molecule has 0 spiro atoms. The van der Waals surface area contributed by atoms with Crippen molar-refractivity contribution in [1.29, 1.82) is 0 Å². The van der Waals surface area contributed by atoms with Crippen LogP contribution in [0.3, 0.4) is 0 Å². The second-order valence-corrected chi connectivity index (χ2v) is 6.29. The molecule has 0 aliphatic heterocycles. The summed E-state index contributed by atoms with van der Waals surface area (Å²) in [5.41, 5.74) is 3.00. The number of aryl methyl sites for hydroxylation is 1. The van der Waals surface area contributed by atoms with Crippen molar-refractivity contribution < 1.29 is 4.79 Å². The second kappa shape index (κ2) is 7.44. The smallest absolute Gasteiger partial charge is 0.244 e. The predicted octanol–water partition coefficient (Wildman–Crippen LogP) is 3.18. The van der Waals surface area contributed by atoms with Gasteiger partial charge in [-0.3, -0.25) is 4.79 Å². The molecule has 3 aromatic rings. The summed E-state index contributed by atoms with van der Waals surface area (Å²) >= 11 is 5.88. The van der Waals surface area contributed by atoms with Gasteiger partial charge >= 0.3 is 0 Å². The molecule has 0 fully saturated rings. The molecule has 6 nitrogen and oxygen atoms in total. The fourth-order valence-corrected chi connectivity index (χ4v) is 2.50. The van der Waals surface area contributed by atoms with Crippen LogP contribution in [0.15, 0.2) is 48.5 Å². The lowest BCUT2D eigenvalue weighted by molar-refractivity contribution is -0.122. The minimum atomic E-state index is -0.185. The predicted molar refractivity (Wildman–Crippen MR) is 96.0 cm³/mol. The van der Waals surface area contributed by atoms with Crippen molar-refractivity contribution >= 4 is 17.5 Å². The van der Waals surface area contributed by atoms with Crippen molar-refractivity contribution in [3.63, 3.8) is 0 Å². The number of hydrogen-bond donors (Lipinski definition) is 1. The van der Waals surface area contributed by atoms with Crippen molar-refractivity contribution in [2.75, 3.05) is 0 Å². The van der Waals surface area contributed by atoms with Crippen LogP contribution in [0.4, 0.5) is 0 Å². The first-order valence-corrected chi connectivity index (χ1v) is 8.29. The Kier molecular flexibility index (Phi) is 5.09. The third-order valence-corrected chi connectivity index (χ3v) is 4.05. The van der Waals surface area contributed by atoms with E-state index in [1.165, 1.54) is 4.80 Å². The largest absolute Gasteiger partial charge is 0.348 e. The zero-order chi connectivity index (χ0) is 17.8. The molecule has 0 saturated heterocycles. The van der Waals surface area contributed by atoms with Gasteiger partial charge in [0.05, 0.1) is 6.04 Å². The molecule has 1 amide bonds. The lowest BCUT2D eigenvalue weighted by atomic mass is 10.1. The van der Waals surface area contributed by atoms with Gasteiger partial charge in [0.15, 0.2) is 0 Å². The summed E-state index contributed by atoms with van der Waals surface area (Å²) < 4.78 is 0. The van der Waals surface area contributed by atoms with Crippen LogP contribution in [0.1, 0.15) is 24.1 Å². The van der Waals surface area contributed by atoms with Crippen LogP contribution in [0.5, 0.6) is 0 Å². The van der Waals surface area contributed by atoms with Gasteiger partial charge in [0.1, 0.15) is 6.54 Å². The molecule has 1 atom stereocenters. The highest BCUT2D eigenvalue weighted by molar-refractivity contribution is 6.30. The van der Waals surface area contributed by atoms with Gasteiger partial charge in [-0.1, -0.05) is 53.6 Å². The molecule has 128 valence electrons. The number of carbonyl (C=O) groups excluding carboxylic acids is 1. The van der Waals surface area contributed by atoms with Gasteiger partial charge in [0.25, 0.3) is 0 Å². The molecule has 25 heavy (non-hydrogen) atoms. The van der Waals surface area contributed by atoms with Crippen molar-refractivity contribution in [1.82, 2.24) is 25.5 Å². The molecule has 3 rings (SSSR count). The van der Waals surface area contributed by atoms with Crippen LogP contribution >= 0.6 is 11.6 Å². The third kappa shape index (κ3) is 4.42. The van der Waals surface area contributed by atoms with Crippen molar-refractivity contribution in [2.24, 2.45) is 0 Å². The van der Waals surface area contributed by atoms with E-state index in [9.17, 15) is 4.79 Å². The SMILES string of the molecule is Cc1ccc(-c2nnn(CC(=O)N[C@H](C)c3ccc(Cl)cc3)n2)cc1. The number of halogens is 1. The number of nitrogens with one attached hydrogen (secondary N) is 1. The Morgan fingerprint density at radius 2 is 1.84 bits per heavy atom. The number of aromatic nitrogens is 4. The molecule has 0 aliphatic carbocycles. The topological polar surface area (TPSA) is 72.7 Å². The number of carbonyl (C=O) groups is 1. The monoisotopic (exact) mass is 355 g/mol. The first-order valence-electron chi connectivity index (χ1n) is 7.91. The molecule has 0 bridgehead atoms. The van der Waals surface area contributed by atoms with Crippen molar-refractivity contribution in [3.8, 4) is 11.4 Å². The maximum Gasteiger partial charge on any atom is 0.244 e. The van der Waals surface area contributed by atoms with E-state index in [1.807, 2.05) is 50.2 Å². The Labute approximate surface area is 150 Å². The quantitative estimate of drug-likeness (QED) is 0.763. The number of amides is 1. The first-order chi connectivity index (χ1) is 12.0. The molecular formula is C18H18ClN5O. The van der Waals surface area contributed by atoms with E-state index in [-0.39, 0.29) is 18.5 Å². The lowest BCUT2D eigenvalue weighted by Crippen LogP contribution is -2.30. The van der Waals surface area contributed by atoms with E-state index in [2.05, 4.69) is 20.7 Å². The highest BCUT2D eigenvalue weighted by atomic mass is 35.5. The van der Waals surface area contributed by atoms with E-state index in [0.29, 0.717) is 10.8 Å². The minimum absolute atomic E-state index is 0.0107. The average molecular weight is 356 g/mol. The van der Waals surface area contributed by atoms with E-state index in [1.54, 1.807) is 12.1 Å². The molecular weight excluding hydrogens is 338 g/mol. The van der Waals surface area contributed by atoms with Crippen LogP contribution in [-0.4, -0.2) is 26.1 Å². The summed E-state index contributed by atoms with van der Waals surface area (Å²) in [6.45, 7) is 3.94. The summed E-state index contributed by atoms with van der Waals surface area (Å²) in [5.74, 6) is 0.314. The zero-order valence-electron chi connectivity index (χ0n) is 14.0. The van der Waals surface area contributed by atoms with Gasteiger partial charge < -0.3 is 5.32 Å². The van der Waals surface area contributed by atoms with Gasteiger partial charge in [-0.25, -0.2) is 0 Å². The van der Waals surface area contributed by atoms with Crippen LogP contribution < -0.4 is 5.32 Å². The Morgan fingerprint density at radius 1 is 1.16 bits per heavy atom. The van der Waals surface area contributed by atoms with E-state index in [0.717, 1.165) is 16.7 Å². The standard InChI is InChI=1S/C18H18ClN5O/c1-12-3-5-15(6-4-12)18-21-23-24(22-18)11-17(25)20-13(2)14-7-9-16(19)10-8-14/h3-10,13H,11H2,1-2H3,(H,20,25)/t13-/m1/s1. The second-order valence-electron chi connectivity index (χ2n) is 5.85. The highest BCUT2D eigenvalue weighted by Crippen LogP contribution is 2.16. The molecule has 0 unspecified atom stereocenters. The van der Waals surface area contributed by atoms with Crippen LogP contribution in [0, 0.1) is 6.92 Å². The normalized spacial score (nSPS) is 12.0. The molecule has 1 N–H and O–H groups in total. The summed E-state index contributed by atoms with van der Waals surface area (Å²) in [6, 6.07) is 15.1. The van der Waals surface area contributed by atoms with Crippen LogP contribution in [0.25, 0.3) is 11.4 Å². The fourth-order valence-electron chi connectivity index (χ4n) is 2.38. The Balaban J connectivity index is 1.61. The third-order valence-electron chi connectivity index (χ3n) is 3.80. The number of tetrazole rings is 1. The number of nitrogens with zero attached hydrogens (tertiary/aromatic N) is 4. The number of benzene rings is 2. The van der Waals surface area contributed by atoms with E-state index >= 15 is 0 Å². The molecule has 2 aromatic carbocycles. The molecule has 0 saturated carbocycles. The van der Waals surface area contributed by atoms with Crippen LogP contribution in [-0.2, 0) is 11.3 Å². The summed E-state index contributed by atoms with van der Waals surface area (Å²) in [7, 11) is 0. The highest BCUT2D eigenvalue weighted by Gasteiger charge is 2.12. The maximum atomic E-state index is 12.2. The zero-order valence-corrected chi connectivity index (χ0v) is 14.7. The Hall–Kier alpha value is -2.73. The van der Waals surface area contributed by atoms with E-state index in [4.69, 9.17) is 11.6 Å². The van der Waals surface area contributed by atoms with Gasteiger partial charge in [0.2, 0.25) is 11.7 Å². The minimum Gasteiger partial charge on any atom is -0.348 e. The number of rotatable bonds is 5. The molecule has 0 radical (unpaired) electrons. The average Bonchev–Trinajstić information content (AvgIpc) is 3.04. The summed E-state index contributed by atoms with van der Waals surface area (Å²) in [5, 5.41) is 15.8. The Morgan fingerprint density at radius 3 is 2.52 bits per heavy atom. The molecule has 7 heteroatoms.